The summed E-state index contributed by atoms with van der Waals surface area (Å²) in [5, 5.41) is 5.26. The summed E-state index contributed by atoms with van der Waals surface area (Å²) >= 11 is 0. The number of carbonyl (C=O) groups excluding carboxylic acids is 2. The molecule has 0 aromatic carbocycles. The molecule has 0 fully saturated rings. The van der Waals surface area contributed by atoms with Crippen molar-refractivity contribution in [1.82, 2.24) is 10.3 Å². The molecule has 0 aliphatic rings. The number of hydrogen-bond donors (Lipinski definition) is 2. The quantitative estimate of drug-likeness (QED) is 0.841. The molecule has 0 atom stereocenters. The van der Waals surface area contributed by atoms with Crippen LogP contribution in [0.3, 0.4) is 0 Å². The predicted octanol–water partition coefficient (Wildman–Crippen LogP) is 2.66. The van der Waals surface area contributed by atoms with Crippen molar-refractivity contribution in [3.05, 3.63) is 23.9 Å². The number of nitrogens with zero attached hydrogens (tertiary/aromatic N) is 1. The topological polar surface area (TPSA) is 71.1 Å². The Morgan fingerprint density at radius 1 is 1.10 bits per heavy atom. The average molecular weight is 291 g/mol. The summed E-state index contributed by atoms with van der Waals surface area (Å²) in [6, 6.07) is 3.49. The van der Waals surface area contributed by atoms with Gasteiger partial charge < -0.3 is 10.6 Å². The molecule has 0 aliphatic heterocycles. The highest BCUT2D eigenvalue weighted by Gasteiger charge is 2.29. The molecule has 5 nitrogen and oxygen atoms in total. The fourth-order valence-corrected chi connectivity index (χ4v) is 2.45. The SMILES string of the molecule is Cc1ccc(NC(=O)C(=O)NC(C)(C)CC(C)(C)C)nc1. The number of hydrogen-bond acceptors (Lipinski definition) is 3. The molecule has 2 amide bonds. The molecule has 0 saturated heterocycles. The van der Waals surface area contributed by atoms with Gasteiger partial charge in [0.25, 0.3) is 0 Å². The third-order valence-electron chi connectivity index (χ3n) is 2.78. The summed E-state index contributed by atoms with van der Waals surface area (Å²) in [5.41, 5.74) is 0.600. The van der Waals surface area contributed by atoms with Crippen molar-refractivity contribution in [2.75, 3.05) is 5.32 Å². The second kappa shape index (κ2) is 6.24. The van der Waals surface area contributed by atoms with E-state index >= 15 is 0 Å². The molecule has 0 aliphatic carbocycles. The van der Waals surface area contributed by atoms with E-state index in [-0.39, 0.29) is 5.41 Å². The lowest BCUT2D eigenvalue weighted by Crippen LogP contribution is -2.49. The Hall–Kier alpha value is -1.91. The summed E-state index contributed by atoms with van der Waals surface area (Å²) in [6.45, 7) is 12.0. The van der Waals surface area contributed by atoms with Crippen LogP contribution in [0.25, 0.3) is 0 Å². The highest BCUT2D eigenvalue weighted by Crippen LogP contribution is 2.26. The number of aromatic nitrogens is 1. The van der Waals surface area contributed by atoms with Crippen LogP contribution in [-0.4, -0.2) is 22.3 Å². The number of aryl methyl sites for hydroxylation is 1. The van der Waals surface area contributed by atoms with Crippen molar-refractivity contribution in [3.63, 3.8) is 0 Å². The molecule has 21 heavy (non-hydrogen) atoms. The van der Waals surface area contributed by atoms with E-state index in [0.29, 0.717) is 5.82 Å². The molecule has 0 radical (unpaired) electrons. The van der Waals surface area contributed by atoms with E-state index in [2.05, 4.69) is 36.4 Å². The van der Waals surface area contributed by atoms with Crippen LogP contribution < -0.4 is 10.6 Å². The largest absolute Gasteiger partial charge is 0.343 e. The molecule has 0 bridgehead atoms. The van der Waals surface area contributed by atoms with Gasteiger partial charge in [-0.15, -0.1) is 0 Å². The van der Waals surface area contributed by atoms with Crippen molar-refractivity contribution in [2.24, 2.45) is 5.41 Å². The van der Waals surface area contributed by atoms with Gasteiger partial charge in [-0.2, -0.15) is 0 Å². The first kappa shape index (κ1) is 17.1. The first-order valence-corrected chi connectivity index (χ1v) is 7.05. The first-order valence-electron chi connectivity index (χ1n) is 7.05. The van der Waals surface area contributed by atoms with Gasteiger partial charge in [-0.25, -0.2) is 4.98 Å². The van der Waals surface area contributed by atoms with Crippen molar-refractivity contribution in [1.29, 1.82) is 0 Å². The maximum absolute atomic E-state index is 12.0. The molecule has 0 saturated carbocycles. The minimum absolute atomic E-state index is 0.0613. The lowest BCUT2D eigenvalue weighted by molar-refractivity contribution is -0.137. The monoisotopic (exact) mass is 291 g/mol. The Kier molecular flexibility index (Phi) is 5.10. The van der Waals surface area contributed by atoms with Gasteiger partial charge in [0.1, 0.15) is 5.82 Å². The maximum Gasteiger partial charge on any atom is 0.314 e. The fraction of sp³-hybridized carbons (Fsp3) is 0.562. The van der Waals surface area contributed by atoms with Crippen molar-refractivity contribution < 1.29 is 9.59 Å². The van der Waals surface area contributed by atoms with Crippen LogP contribution >= 0.6 is 0 Å². The molecule has 1 aromatic rings. The van der Waals surface area contributed by atoms with Gasteiger partial charge in [-0.3, -0.25) is 9.59 Å². The van der Waals surface area contributed by atoms with Crippen LogP contribution in [0.2, 0.25) is 0 Å². The maximum atomic E-state index is 12.0. The lowest BCUT2D eigenvalue weighted by Gasteiger charge is -2.33. The van der Waals surface area contributed by atoms with Gasteiger partial charge in [0.05, 0.1) is 0 Å². The number of rotatable bonds is 3. The van der Waals surface area contributed by atoms with Gasteiger partial charge in [0.15, 0.2) is 0 Å². The van der Waals surface area contributed by atoms with E-state index in [0.717, 1.165) is 12.0 Å². The lowest BCUT2D eigenvalue weighted by atomic mass is 9.82. The Labute approximate surface area is 126 Å². The van der Waals surface area contributed by atoms with Crippen molar-refractivity contribution >= 4 is 17.6 Å². The molecule has 2 N–H and O–H groups in total. The number of pyridine rings is 1. The Morgan fingerprint density at radius 3 is 2.19 bits per heavy atom. The van der Waals surface area contributed by atoms with E-state index in [1.54, 1.807) is 12.3 Å². The van der Waals surface area contributed by atoms with Crippen molar-refractivity contribution in [2.45, 2.75) is 53.5 Å². The smallest absolute Gasteiger partial charge is 0.314 e. The molecule has 0 unspecified atom stereocenters. The first-order chi connectivity index (χ1) is 9.48. The van der Waals surface area contributed by atoms with E-state index < -0.39 is 17.4 Å². The zero-order chi connectivity index (χ0) is 16.3. The summed E-state index contributed by atoms with van der Waals surface area (Å²) < 4.78 is 0. The molecule has 1 rings (SSSR count). The van der Waals surface area contributed by atoms with Gasteiger partial charge in [0, 0.05) is 11.7 Å². The number of carbonyl (C=O) groups is 2. The standard InChI is InChI=1S/C16H25N3O2/c1-11-7-8-12(17-9-11)18-13(20)14(21)19-16(5,6)10-15(2,3)4/h7-9H,10H2,1-6H3,(H,19,21)(H,17,18,20). The fourth-order valence-electron chi connectivity index (χ4n) is 2.45. The second-order valence-corrected chi connectivity index (χ2v) is 7.25. The third-order valence-corrected chi connectivity index (χ3v) is 2.78. The van der Waals surface area contributed by atoms with Crippen LogP contribution in [-0.2, 0) is 9.59 Å². The van der Waals surface area contributed by atoms with Gasteiger partial charge >= 0.3 is 11.8 Å². The number of anilines is 1. The zero-order valence-electron chi connectivity index (χ0n) is 13.7. The number of amides is 2. The Morgan fingerprint density at radius 2 is 1.71 bits per heavy atom. The van der Waals surface area contributed by atoms with Crippen LogP contribution in [0.1, 0.15) is 46.6 Å². The van der Waals surface area contributed by atoms with E-state index in [4.69, 9.17) is 0 Å². The molecule has 5 heteroatoms. The van der Waals surface area contributed by atoms with E-state index in [1.165, 1.54) is 0 Å². The van der Waals surface area contributed by atoms with Gasteiger partial charge in [0.2, 0.25) is 0 Å². The van der Waals surface area contributed by atoms with Crippen LogP contribution in [0.5, 0.6) is 0 Å². The molecule has 116 valence electrons. The molecule has 0 spiro atoms. The molecular formula is C16H25N3O2. The van der Waals surface area contributed by atoms with Crippen LogP contribution in [0, 0.1) is 12.3 Å². The van der Waals surface area contributed by atoms with Crippen molar-refractivity contribution in [3.8, 4) is 0 Å². The average Bonchev–Trinajstić information content (AvgIpc) is 2.28. The Balaban J connectivity index is 2.62. The number of nitrogens with one attached hydrogen (secondary N) is 2. The summed E-state index contributed by atoms with van der Waals surface area (Å²) in [7, 11) is 0. The highest BCUT2D eigenvalue weighted by atomic mass is 16.2. The van der Waals surface area contributed by atoms with Gasteiger partial charge in [-0.1, -0.05) is 26.8 Å². The van der Waals surface area contributed by atoms with Gasteiger partial charge in [-0.05, 0) is 44.2 Å². The minimum atomic E-state index is -0.701. The summed E-state index contributed by atoms with van der Waals surface area (Å²) in [5.74, 6) is -0.977. The highest BCUT2D eigenvalue weighted by molar-refractivity contribution is 6.39. The van der Waals surface area contributed by atoms with Crippen LogP contribution in [0.4, 0.5) is 5.82 Å². The molecule has 1 heterocycles. The third kappa shape index (κ3) is 6.38. The predicted molar refractivity (Wildman–Crippen MR) is 83.9 cm³/mol. The molecular weight excluding hydrogens is 266 g/mol. The molecule has 1 aromatic heterocycles. The normalized spacial score (nSPS) is 11.9. The van der Waals surface area contributed by atoms with Crippen LogP contribution in [0.15, 0.2) is 18.3 Å². The zero-order valence-corrected chi connectivity index (χ0v) is 13.7. The minimum Gasteiger partial charge on any atom is -0.343 e. The van der Waals surface area contributed by atoms with E-state index in [9.17, 15) is 9.59 Å². The summed E-state index contributed by atoms with van der Waals surface area (Å²) in [4.78, 5) is 27.9. The Bertz CT molecular complexity index is 513. The second-order valence-electron chi connectivity index (χ2n) is 7.25. The summed E-state index contributed by atoms with van der Waals surface area (Å²) in [6.07, 6.45) is 2.40. The van der Waals surface area contributed by atoms with E-state index in [1.807, 2.05) is 26.8 Å².